The van der Waals surface area contributed by atoms with Gasteiger partial charge in [-0.15, -0.1) is 0 Å². The van der Waals surface area contributed by atoms with Crippen LogP contribution in [0.4, 0.5) is 5.82 Å². The van der Waals surface area contributed by atoms with Gasteiger partial charge in [-0.1, -0.05) is 23.7 Å². The van der Waals surface area contributed by atoms with Gasteiger partial charge in [0.25, 0.3) is 0 Å². The van der Waals surface area contributed by atoms with Crippen molar-refractivity contribution in [2.75, 3.05) is 5.73 Å². The number of nitrogens with one attached hydrogen (secondary N) is 1. The van der Waals surface area contributed by atoms with Crippen molar-refractivity contribution in [3.63, 3.8) is 0 Å². The lowest BCUT2D eigenvalue weighted by Crippen LogP contribution is -2.54. The quantitative estimate of drug-likeness (QED) is 0.318. The molecule has 7 N–H and O–H groups in total. The second kappa shape index (κ2) is 8.67. The number of carbonyl (C=O) groups excluding carboxylic acids is 1. The van der Waals surface area contributed by atoms with Crippen LogP contribution in [0.5, 0.6) is 0 Å². The summed E-state index contributed by atoms with van der Waals surface area (Å²) in [6.07, 6.45) is -1.48. The lowest BCUT2D eigenvalue weighted by atomic mass is 10.0. The number of fused-ring (bicyclic) bond motifs is 1. The number of benzene rings is 1. The number of hydrogen-bond acceptors (Lipinski definition) is 9. The summed E-state index contributed by atoms with van der Waals surface area (Å²) >= 11 is 5.95. The third-order valence-corrected chi connectivity index (χ3v) is 5.40. The molecule has 0 spiro atoms. The fourth-order valence-electron chi connectivity index (χ4n) is 3.61. The van der Waals surface area contributed by atoms with Gasteiger partial charge >= 0.3 is 5.97 Å². The molecule has 168 valence electrons. The number of ether oxygens (including phenoxy) is 1. The minimum Gasteiger partial charge on any atom is -0.479 e. The molecular formula is C19H20ClN7O5. The standard InChI is InChI=1S/C19H20ClN7O5/c20-9-3-1-2-8(4-9)5-10(21)17(29)26-11-13(28)18(32-14(11)19(30)31)27-7-25-12-15(22)23-6-24-16(12)27/h1-4,6-7,10-11,13-14,18,28H,5,21H2,(H,26,29)(H,30,31)(H2,22,23,24)/t10?,11-,13+,14-,18+/m0/s1. The Labute approximate surface area is 186 Å². The highest BCUT2D eigenvalue weighted by molar-refractivity contribution is 6.30. The monoisotopic (exact) mass is 461 g/mol. The number of anilines is 1. The molecule has 1 aromatic carbocycles. The predicted octanol–water partition coefficient (Wildman–Crippen LogP) is -0.540. The topological polar surface area (TPSA) is 192 Å². The number of aromatic nitrogens is 4. The van der Waals surface area contributed by atoms with Crippen LogP contribution in [0.1, 0.15) is 11.8 Å². The van der Waals surface area contributed by atoms with E-state index in [0.29, 0.717) is 5.02 Å². The first-order valence-corrected chi connectivity index (χ1v) is 9.94. The van der Waals surface area contributed by atoms with Gasteiger partial charge in [-0.05, 0) is 24.1 Å². The van der Waals surface area contributed by atoms with Crippen molar-refractivity contribution in [2.45, 2.75) is 36.9 Å². The maximum Gasteiger partial charge on any atom is 0.335 e. The smallest absolute Gasteiger partial charge is 0.335 e. The number of nitrogens with zero attached hydrogens (tertiary/aromatic N) is 4. The van der Waals surface area contributed by atoms with Gasteiger partial charge in [-0.25, -0.2) is 19.7 Å². The van der Waals surface area contributed by atoms with Crippen LogP contribution in [0.15, 0.2) is 36.9 Å². The van der Waals surface area contributed by atoms with Gasteiger partial charge in [0.05, 0.1) is 18.4 Å². The minimum atomic E-state index is -1.53. The lowest BCUT2D eigenvalue weighted by Gasteiger charge is -2.22. The van der Waals surface area contributed by atoms with E-state index >= 15 is 0 Å². The number of carboxylic acid groups (broad SMARTS) is 1. The van der Waals surface area contributed by atoms with Gasteiger partial charge in [-0.3, -0.25) is 9.36 Å². The Morgan fingerprint density at radius 3 is 2.81 bits per heavy atom. The maximum atomic E-state index is 12.7. The van der Waals surface area contributed by atoms with Crippen LogP contribution in [-0.4, -0.2) is 65.9 Å². The summed E-state index contributed by atoms with van der Waals surface area (Å²) in [5.74, 6) is -1.89. The molecule has 5 atom stereocenters. The number of halogens is 1. The molecule has 1 amide bonds. The second-order valence-corrected chi connectivity index (χ2v) is 7.77. The molecule has 1 aliphatic heterocycles. The first-order chi connectivity index (χ1) is 15.3. The Kier molecular flexibility index (Phi) is 5.93. The van der Waals surface area contributed by atoms with Crippen molar-refractivity contribution in [2.24, 2.45) is 5.73 Å². The van der Waals surface area contributed by atoms with E-state index in [4.69, 9.17) is 27.8 Å². The summed E-state index contributed by atoms with van der Waals surface area (Å²) in [6, 6.07) is 4.59. The Balaban J connectivity index is 1.54. The molecule has 1 fully saturated rings. The summed E-state index contributed by atoms with van der Waals surface area (Å²) < 4.78 is 6.89. The van der Waals surface area contributed by atoms with Crippen LogP contribution in [0, 0.1) is 0 Å². The van der Waals surface area contributed by atoms with Crippen LogP contribution in [-0.2, 0) is 20.7 Å². The minimum absolute atomic E-state index is 0.118. The molecule has 13 heteroatoms. The number of imidazole rings is 1. The predicted molar refractivity (Wildman–Crippen MR) is 112 cm³/mol. The van der Waals surface area contributed by atoms with Gasteiger partial charge in [0, 0.05) is 5.02 Å². The molecular weight excluding hydrogens is 442 g/mol. The van der Waals surface area contributed by atoms with Crippen LogP contribution in [0.25, 0.3) is 11.2 Å². The molecule has 0 radical (unpaired) electrons. The number of amides is 1. The van der Waals surface area contributed by atoms with Gasteiger partial charge < -0.3 is 31.7 Å². The van der Waals surface area contributed by atoms with Crippen molar-refractivity contribution in [3.8, 4) is 0 Å². The van der Waals surface area contributed by atoms with E-state index in [0.717, 1.165) is 5.56 Å². The summed E-state index contributed by atoms with van der Waals surface area (Å²) in [4.78, 5) is 36.4. The van der Waals surface area contributed by atoms with Gasteiger partial charge in [-0.2, -0.15) is 0 Å². The van der Waals surface area contributed by atoms with E-state index in [9.17, 15) is 19.8 Å². The van der Waals surface area contributed by atoms with E-state index in [1.807, 2.05) is 0 Å². The molecule has 1 unspecified atom stereocenters. The number of carboxylic acids is 1. The summed E-state index contributed by atoms with van der Waals surface area (Å²) in [5, 5.41) is 23.4. The zero-order valence-electron chi connectivity index (χ0n) is 16.5. The molecule has 0 aliphatic carbocycles. The van der Waals surface area contributed by atoms with Crippen molar-refractivity contribution < 1.29 is 24.5 Å². The highest BCUT2D eigenvalue weighted by Crippen LogP contribution is 2.32. The number of nitrogen functional groups attached to an aromatic ring is 1. The molecule has 0 saturated carbocycles. The van der Waals surface area contributed by atoms with Crippen LogP contribution < -0.4 is 16.8 Å². The fourth-order valence-corrected chi connectivity index (χ4v) is 3.83. The first-order valence-electron chi connectivity index (χ1n) is 9.56. The molecule has 3 heterocycles. The Morgan fingerprint density at radius 1 is 1.31 bits per heavy atom. The largest absolute Gasteiger partial charge is 0.479 e. The van der Waals surface area contributed by atoms with Crippen molar-refractivity contribution in [3.05, 3.63) is 47.5 Å². The Bertz CT molecular complexity index is 1170. The summed E-state index contributed by atoms with van der Waals surface area (Å²) in [5.41, 5.74) is 13.0. The number of aliphatic carboxylic acids is 1. The average molecular weight is 462 g/mol. The van der Waals surface area contributed by atoms with E-state index in [2.05, 4.69) is 20.3 Å². The normalized spacial score (nSPS) is 23.8. The molecule has 2 aromatic heterocycles. The molecule has 0 bridgehead atoms. The maximum absolute atomic E-state index is 12.7. The van der Waals surface area contributed by atoms with Gasteiger partial charge in [0.1, 0.15) is 17.9 Å². The molecule has 1 aliphatic rings. The molecule has 32 heavy (non-hydrogen) atoms. The lowest BCUT2D eigenvalue weighted by molar-refractivity contribution is -0.152. The molecule has 4 rings (SSSR count). The molecule has 3 aromatic rings. The number of aliphatic hydroxyl groups excluding tert-OH is 1. The first kappa shape index (κ1) is 21.9. The number of carbonyl (C=O) groups is 2. The molecule has 1 saturated heterocycles. The SMILES string of the molecule is Nc1ncnc2c1ncn2[C@@H]1O[C@H](C(=O)O)[C@@H](NC(=O)C(N)Cc2cccc(Cl)c2)[C@H]1O. The van der Waals surface area contributed by atoms with E-state index in [1.54, 1.807) is 24.3 Å². The van der Waals surface area contributed by atoms with Crippen LogP contribution in [0.3, 0.4) is 0 Å². The Morgan fingerprint density at radius 2 is 2.09 bits per heavy atom. The van der Waals surface area contributed by atoms with Crippen molar-refractivity contribution in [1.29, 1.82) is 0 Å². The zero-order valence-corrected chi connectivity index (χ0v) is 17.3. The highest BCUT2D eigenvalue weighted by Gasteiger charge is 2.49. The van der Waals surface area contributed by atoms with Crippen molar-refractivity contribution >= 4 is 40.5 Å². The Hall–Kier alpha value is -3.32. The zero-order chi connectivity index (χ0) is 23.0. The van der Waals surface area contributed by atoms with Crippen LogP contribution >= 0.6 is 11.6 Å². The fraction of sp³-hybridized carbons (Fsp3) is 0.316. The van der Waals surface area contributed by atoms with Crippen LogP contribution in [0.2, 0.25) is 5.02 Å². The van der Waals surface area contributed by atoms with E-state index in [-0.39, 0.29) is 23.4 Å². The van der Waals surface area contributed by atoms with Gasteiger partial charge in [0.15, 0.2) is 23.8 Å². The summed E-state index contributed by atoms with van der Waals surface area (Å²) in [6.45, 7) is 0. The van der Waals surface area contributed by atoms with E-state index in [1.165, 1.54) is 17.2 Å². The van der Waals surface area contributed by atoms with E-state index < -0.39 is 42.4 Å². The number of nitrogens with two attached hydrogens (primary N) is 2. The highest BCUT2D eigenvalue weighted by atomic mass is 35.5. The molecule has 12 nitrogen and oxygen atoms in total. The van der Waals surface area contributed by atoms with Crippen molar-refractivity contribution in [1.82, 2.24) is 24.8 Å². The average Bonchev–Trinajstić information content (AvgIpc) is 3.30. The third kappa shape index (κ3) is 4.08. The number of rotatable bonds is 6. The summed E-state index contributed by atoms with van der Waals surface area (Å²) in [7, 11) is 0. The number of hydrogen-bond donors (Lipinski definition) is 5. The number of aliphatic hydroxyl groups is 1. The third-order valence-electron chi connectivity index (χ3n) is 5.17. The second-order valence-electron chi connectivity index (χ2n) is 7.33. The van der Waals surface area contributed by atoms with Gasteiger partial charge in [0.2, 0.25) is 5.91 Å².